The molecule has 0 spiro atoms. The summed E-state index contributed by atoms with van der Waals surface area (Å²) in [7, 11) is 0. The maximum Gasteiger partial charge on any atom is 0.338 e. The number of amides is 1. The molecule has 0 heterocycles. The number of carbonyl (C=O) groups is 3. The molecule has 1 N–H and O–H groups in total. The summed E-state index contributed by atoms with van der Waals surface area (Å²) in [6, 6.07) is 29.7. The standard InChI is InChI=1S/C42H53NO7/c1-5-47-41(46)39(49-30-37(44)50-42(2,3)4)38(48-27-15-7-9-17-32-23-25-34-19-11-13-21-36(34)29-32)40(45)43-26-14-6-8-16-31-22-24-33-18-10-12-20-35(33)28-31/h10-13,18-25,28-29,38-39H,5-9,14-17,26-27,30H2,1-4H3,(H,43,45)/t38-,39-/m1/s1. The largest absolute Gasteiger partial charge is 0.464 e. The molecule has 268 valence electrons. The van der Waals surface area contributed by atoms with Gasteiger partial charge in [0, 0.05) is 13.2 Å². The Morgan fingerprint density at radius 1 is 0.660 bits per heavy atom. The molecule has 2 atom stereocenters. The summed E-state index contributed by atoms with van der Waals surface area (Å²) in [6.07, 6.45) is 4.37. The highest BCUT2D eigenvalue weighted by Gasteiger charge is 2.37. The van der Waals surface area contributed by atoms with E-state index in [1.165, 1.54) is 32.7 Å². The SMILES string of the molecule is CCOC(=O)[C@H](OCC(=O)OC(C)(C)C)[C@@H](OCCCCCc1ccc2ccccc2c1)C(=O)NCCCCCc1ccc2ccccc2c1. The Hall–Kier alpha value is -4.27. The van der Waals surface area contributed by atoms with Gasteiger partial charge in [-0.05, 0) is 98.9 Å². The van der Waals surface area contributed by atoms with Gasteiger partial charge in [-0.2, -0.15) is 0 Å². The number of unbranched alkanes of at least 4 members (excludes halogenated alkanes) is 4. The molecule has 0 aliphatic heterocycles. The number of fused-ring (bicyclic) bond motifs is 2. The van der Waals surface area contributed by atoms with Gasteiger partial charge in [0.25, 0.3) is 5.91 Å². The number of ether oxygens (including phenoxy) is 4. The number of benzene rings is 4. The van der Waals surface area contributed by atoms with Crippen LogP contribution < -0.4 is 5.32 Å². The predicted octanol–water partition coefficient (Wildman–Crippen LogP) is 7.91. The number of esters is 2. The molecular weight excluding hydrogens is 630 g/mol. The Kier molecular flexibility index (Phi) is 15.3. The normalized spacial score (nSPS) is 12.8. The van der Waals surface area contributed by atoms with Crippen LogP contribution in [0.1, 0.15) is 77.3 Å². The van der Waals surface area contributed by atoms with Crippen molar-refractivity contribution in [2.24, 2.45) is 0 Å². The number of rotatable bonds is 20. The summed E-state index contributed by atoms with van der Waals surface area (Å²) in [5.74, 6) is -1.88. The Morgan fingerprint density at radius 3 is 1.78 bits per heavy atom. The lowest BCUT2D eigenvalue weighted by Gasteiger charge is -2.26. The van der Waals surface area contributed by atoms with Crippen LogP contribution in [0.2, 0.25) is 0 Å². The maximum absolute atomic E-state index is 13.5. The highest BCUT2D eigenvalue weighted by atomic mass is 16.6. The molecule has 0 radical (unpaired) electrons. The minimum Gasteiger partial charge on any atom is -0.464 e. The molecule has 8 heteroatoms. The summed E-state index contributed by atoms with van der Waals surface area (Å²) in [6.45, 7) is 7.14. The maximum atomic E-state index is 13.5. The number of hydrogen-bond donors (Lipinski definition) is 1. The zero-order valence-corrected chi connectivity index (χ0v) is 30.1. The summed E-state index contributed by atoms with van der Waals surface area (Å²) < 4.78 is 22.4. The van der Waals surface area contributed by atoms with Gasteiger partial charge in [0.1, 0.15) is 12.2 Å². The van der Waals surface area contributed by atoms with Gasteiger partial charge in [-0.15, -0.1) is 0 Å². The van der Waals surface area contributed by atoms with E-state index in [1.54, 1.807) is 27.7 Å². The third-order valence-corrected chi connectivity index (χ3v) is 8.33. The van der Waals surface area contributed by atoms with Gasteiger partial charge >= 0.3 is 11.9 Å². The van der Waals surface area contributed by atoms with Crippen molar-refractivity contribution in [1.82, 2.24) is 5.32 Å². The second kappa shape index (κ2) is 19.8. The molecule has 50 heavy (non-hydrogen) atoms. The van der Waals surface area contributed by atoms with Gasteiger partial charge in [-0.1, -0.05) is 97.8 Å². The molecule has 8 nitrogen and oxygen atoms in total. The van der Waals surface area contributed by atoms with Crippen molar-refractivity contribution < 1.29 is 33.3 Å². The lowest BCUT2D eigenvalue weighted by molar-refractivity contribution is -0.181. The van der Waals surface area contributed by atoms with E-state index in [0.29, 0.717) is 13.0 Å². The van der Waals surface area contributed by atoms with Crippen molar-refractivity contribution >= 4 is 39.4 Å². The van der Waals surface area contributed by atoms with Crippen LogP contribution in [-0.2, 0) is 46.2 Å². The minimum absolute atomic E-state index is 0.0887. The van der Waals surface area contributed by atoms with Crippen LogP contribution in [0.25, 0.3) is 21.5 Å². The molecule has 0 aliphatic rings. The topological polar surface area (TPSA) is 100 Å². The number of carbonyl (C=O) groups excluding carboxylic acids is 3. The highest BCUT2D eigenvalue weighted by Crippen LogP contribution is 2.19. The van der Waals surface area contributed by atoms with Crippen molar-refractivity contribution in [2.75, 3.05) is 26.4 Å². The fraction of sp³-hybridized carbons (Fsp3) is 0.452. The van der Waals surface area contributed by atoms with Crippen molar-refractivity contribution in [1.29, 1.82) is 0 Å². The van der Waals surface area contributed by atoms with E-state index in [0.717, 1.165) is 44.9 Å². The quantitative estimate of drug-likeness (QED) is 0.0747. The molecule has 0 saturated heterocycles. The highest BCUT2D eigenvalue weighted by molar-refractivity contribution is 5.89. The molecule has 0 aromatic heterocycles. The Morgan fingerprint density at radius 2 is 1.22 bits per heavy atom. The lowest BCUT2D eigenvalue weighted by atomic mass is 10.0. The van der Waals surface area contributed by atoms with Gasteiger partial charge in [0.2, 0.25) is 0 Å². The molecule has 4 aromatic carbocycles. The average Bonchev–Trinajstić information content (AvgIpc) is 3.09. The molecule has 0 saturated carbocycles. The van der Waals surface area contributed by atoms with Gasteiger partial charge in [0.05, 0.1) is 6.61 Å². The average molecular weight is 684 g/mol. The zero-order valence-electron chi connectivity index (χ0n) is 30.1. The summed E-state index contributed by atoms with van der Waals surface area (Å²) in [4.78, 5) is 39.0. The second-order valence-electron chi connectivity index (χ2n) is 13.6. The van der Waals surface area contributed by atoms with Crippen LogP contribution >= 0.6 is 0 Å². The third-order valence-electron chi connectivity index (χ3n) is 8.33. The first kappa shape index (κ1) is 38.5. The summed E-state index contributed by atoms with van der Waals surface area (Å²) in [5.41, 5.74) is 1.84. The van der Waals surface area contributed by atoms with Crippen molar-refractivity contribution in [3.8, 4) is 0 Å². The lowest BCUT2D eigenvalue weighted by Crippen LogP contribution is -2.50. The molecule has 0 bridgehead atoms. The molecule has 0 fully saturated rings. The van der Waals surface area contributed by atoms with E-state index >= 15 is 0 Å². The first-order valence-electron chi connectivity index (χ1n) is 18.0. The molecule has 1 amide bonds. The first-order valence-corrected chi connectivity index (χ1v) is 18.0. The molecule has 0 aliphatic carbocycles. The monoisotopic (exact) mass is 683 g/mol. The molecular formula is C42H53NO7. The zero-order chi connectivity index (χ0) is 35.8. The van der Waals surface area contributed by atoms with E-state index in [1.807, 2.05) is 24.3 Å². The van der Waals surface area contributed by atoms with Gasteiger partial charge in [-0.3, -0.25) is 4.79 Å². The Balaban J connectivity index is 1.29. The fourth-order valence-corrected chi connectivity index (χ4v) is 5.88. The number of nitrogens with one attached hydrogen (secondary N) is 1. The molecule has 0 unspecified atom stereocenters. The smallest absolute Gasteiger partial charge is 0.338 e. The van der Waals surface area contributed by atoms with E-state index in [4.69, 9.17) is 18.9 Å². The van der Waals surface area contributed by atoms with Crippen LogP contribution in [0.5, 0.6) is 0 Å². The van der Waals surface area contributed by atoms with Crippen LogP contribution in [0.4, 0.5) is 0 Å². The minimum atomic E-state index is -1.42. The van der Waals surface area contributed by atoms with Crippen molar-refractivity contribution in [3.05, 3.63) is 96.1 Å². The van der Waals surface area contributed by atoms with Crippen molar-refractivity contribution in [3.63, 3.8) is 0 Å². The molecule has 4 rings (SSSR count). The van der Waals surface area contributed by atoms with E-state index in [9.17, 15) is 14.4 Å². The van der Waals surface area contributed by atoms with Crippen LogP contribution in [0.15, 0.2) is 84.9 Å². The molecule has 4 aromatic rings. The fourth-order valence-electron chi connectivity index (χ4n) is 5.88. The second-order valence-corrected chi connectivity index (χ2v) is 13.6. The van der Waals surface area contributed by atoms with Crippen LogP contribution in [0.3, 0.4) is 0 Å². The van der Waals surface area contributed by atoms with Crippen molar-refractivity contribution in [2.45, 2.75) is 96.9 Å². The predicted molar refractivity (Wildman–Crippen MR) is 198 cm³/mol. The van der Waals surface area contributed by atoms with Crippen LogP contribution in [-0.4, -0.2) is 62.0 Å². The van der Waals surface area contributed by atoms with E-state index in [2.05, 4.69) is 66.0 Å². The van der Waals surface area contributed by atoms with Gasteiger partial charge in [-0.25, -0.2) is 9.59 Å². The summed E-state index contributed by atoms with van der Waals surface area (Å²) >= 11 is 0. The van der Waals surface area contributed by atoms with Gasteiger partial charge < -0.3 is 24.3 Å². The Labute approximate surface area is 296 Å². The number of hydrogen-bond acceptors (Lipinski definition) is 7. The first-order chi connectivity index (χ1) is 24.1. The Bertz CT molecular complexity index is 1680. The summed E-state index contributed by atoms with van der Waals surface area (Å²) in [5, 5.41) is 7.84. The van der Waals surface area contributed by atoms with E-state index < -0.39 is 42.3 Å². The van der Waals surface area contributed by atoms with Crippen LogP contribution in [0, 0.1) is 0 Å². The number of aryl methyl sites for hydroxylation is 2. The third kappa shape index (κ3) is 12.9. The van der Waals surface area contributed by atoms with Gasteiger partial charge in [0.15, 0.2) is 12.2 Å². The van der Waals surface area contributed by atoms with E-state index in [-0.39, 0.29) is 13.2 Å².